The molecule has 0 aliphatic carbocycles. The molecule has 0 amide bonds. The summed E-state index contributed by atoms with van der Waals surface area (Å²) in [6.07, 6.45) is 0. The second kappa shape index (κ2) is 4.00. The molecule has 0 fully saturated rings. The van der Waals surface area contributed by atoms with Gasteiger partial charge in [-0.15, -0.1) is 0 Å². The number of nitrogens with zero attached hydrogens (tertiary/aromatic N) is 4. The smallest absolute Gasteiger partial charge is 0.234 e. The average Bonchev–Trinajstić information content (AvgIpc) is 2.49. The van der Waals surface area contributed by atoms with E-state index in [1.54, 1.807) is 6.07 Å². The Bertz CT molecular complexity index is 462. The largest absolute Gasteiger partial charge is 0.307 e. The van der Waals surface area contributed by atoms with Gasteiger partial charge >= 0.3 is 0 Å². The third-order valence-corrected chi connectivity index (χ3v) is 1.86. The van der Waals surface area contributed by atoms with Gasteiger partial charge in [0.15, 0.2) is 5.82 Å². The minimum Gasteiger partial charge on any atom is -0.307 e. The highest BCUT2D eigenvalue weighted by Crippen LogP contribution is 2.14. The van der Waals surface area contributed by atoms with E-state index in [0.717, 1.165) is 5.69 Å². The molecule has 0 aliphatic rings. The van der Waals surface area contributed by atoms with Crippen molar-refractivity contribution in [1.29, 1.82) is 0 Å². The third kappa shape index (κ3) is 2.54. The van der Waals surface area contributed by atoms with Crippen LogP contribution >= 0.6 is 23.2 Å². The Balaban J connectivity index is 2.24. The summed E-state index contributed by atoms with van der Waals surface area (Å²) < 4.78 is 0. The standard InChI is InChI=1S/C7H6Cl2N6/c1-3-2-4(15-14-3)10-7-12-5(8)11-6(9)13-7/h2H,1H3,(H2,10,11,12,13,14,15). The van der Waals surface area contributed by atoms with Gasteiger partial charge in [-0.25, -0.2) is 0 Å². The molecule has 2 rings (SSSR count). The fourth-order valence-corrected chi connectivity index (χ4v) is 1.34. The Morgan fingerprint density at radius 3 is 2.40 bits per heavy atom. The number of halogens is 2. The van der Waals surface area contributed by atoms with Crippen LogP contribution in [0.3, 0.4) is 0 Å². The van der Waals surface area contributed by atoms with Gasteiger partial charge < -0.3 is 5.32 Å². The maximum Gasteiger partial charge on any atom is 0.234 e. The summed E-state index contributed by atoms with van der Waals surface area (Å²) in [5.41, 5.74) is 0.920. The molecule has 2 aromatic rings. The van der Waals surface area contributed by atoms with Crippen LogP contribution < -0.4 is 5.32 Å². The molecule has 6 nitrogen and oxygen atoms in total. The summed E-state index contributed by atoms with van der Waals surface area (Å²) in [5.74, 6) is 0.845. The van der Waals surface area contributed by atoms with Gasteiger partial charge in [-0.05, 0) is 30.1 Å². The van der Waals surface area contributed by atoms with Crippen LogP contribution in [0.2, 0.25) is 10.6 Å². The number of aryl methyl sites for hydroxylation is 1. The van der Waals surface area contributed by atoms with E-state index < -0.39 is 0 Å². The minimum absolute atomic E-state index is 0.0322. The lowest BCUT2D eigenvalue weighted by Crippen LogP contribution is -1.99. The van der Waals surface area contributed by atoms with Crippen LogP contribution in [0.4, 0.5) is 11.8 Å². The van der Waals surface area contributed by atoms with E-state index in [-0.39, 0.29) is 16.5 Å². The van der Waals surface area contributed by atoms with E-state index >= 15 is 0 Å². The van der Waals surface area contributed by atoms with Crippen LogP contribution in [0.15, 0.2) is 6.07 Å². The lowest BCUT2D eigenvalue weighted by Gasteiger charge is -2.00. The molecule has 0 aliphatic heterocycles. The first-order valence-corrected chi connectivity index (χ1v) is 4.75. The fourth-order valence-electron chi connectivity index (χ4n) is 0.978. The van der Waals surface area contributed by atoms with E-state index in [9.17, 15) is 0 Å². The normalized spacial score (nSPS) is 10.3. The van der Waals surface area contributed by atoms with Crippen molar-refractivity contribution in [3.8, 4) is 0 Å². The summed E-state index contributed by atoms with van der Waals surface area (Å²) >= 11 is 11.2. The quantitative estimate of drug-likeness (QED) is 0.845. The van der Waals surface area contributed by atoms with Gasteiger partial charge in [0.2, 0.25) is 16.5 Å². The molecule has 2 aromatic heterocycles. The van der Waals surface area contributed by atoms with E-state index in [1.165, 1.54) is 0 Å². The van der Waals surface area contributed by atoms with Gasteiger partial charge in [-0.1, -0.05) is 0 Å². The number of aromatic amines is 1. The Kier molecular flexibility index (Phi) is 2.70. The van der Waals surface area contributed by atoms with Gasteiger partial charge in [-0.2, -0.15) is 20.1 Å². The molecule has 0 saturated heterocycles. The van der Waals surface area contributed by atoms with Crippen molar-refractivity contribution in [3.05, 3.63) is 22.3 Å². The topological polar surface area (TPSA) is 79.4 Å². The number of hydrogen-bond donors (Lipinski definition) is 2. The van der Waals surface area contributed by atoms with Gasteiger partial charge in [-0.3, -0.25) is 5.10 Å². The van der Waals surface area contributed by atoms with Crippen molar-refractivity contribution in [2.24, 2.45) is 0 Å². The molecule has 0 saturated carbocycles. The molecule has 78 valence electrons. The number of H-pyrrole nitrogens is 1. The van der Waals surface area contributed by atoms with Crippen molar-refractivity contribution in [3.63, 3.8) is 0 Å². The first-order chi connectivity index (χ1) is 7.13. The molecule has 15 heavy (non-hydrogen) atoms. The predicted octanol–water partition coefficient (Wildman–Crippen LogP) is 1.95. The van der Waals surface area contributed by atoms with Crippen molar-refractivity contribution in [1.82, 2.24) is 25.1 Å². The fraction of sp³-hybridized carbons (Fsp3) is 0.143. The molecule has 0 bridgehead atoms. The SMILES string of the molecule is Cc1cc(Nc2nc(Cl)nc(Cl)n2)n[nH]1. The van der Waals surface area contributed by atoms with Crippen molar-refractivity contribution in [2.45, 2.75) is 6.92 Å². The summed E-state index contributed by atoms with van der Waals surface area (Å²) in [7, 11) is 0. The van der Waals surface area contributed by atoms with Gasteiger partial charge in [0.05, 0.1) is 0 Å². The predicted molar refractivity (Wildman–Crippen MR) is 56.5 cm³/mol. The van der Waals surface area contributed by atoms with Gasteiger partial charge in [0, 0.05) is 11.8 Å². The van der Waals surface area contributed by atoms with Crippen LogP contribution in [0.1, 0.15) is 5.69 Å². The molecule has 0 atom stereocenters. The molecule has 0 aromatic carbocycles. The second-order valence-corrected chi connectivity index (χ2v) is 3.43. The van der Waals surface area contributed by atoms with Gasteiger partial charge in [0.25, 0.3) is 0 Å². The number of anilines is 2. The Labute approximate surface area is 95.1 Å². The molecule has 0 radical (unpaired) electrons. The highest BCUT2D eigenvalue weighted by molar-refractivity contribution is 6.31. The molecule has 2 heterocycles. The summed E-state index contributed by atoms with van der Waals surface area (Å²) in [4.78, 5) is 11.3. The zero-order chi connectivity index (χ0) is 10.8. The summed E-state index contributed by atoms with van der Waals surface area (Å²) in [6, 6.07) is 1.80. The minimum atomic E-state index is 0.0322. The highest BCUT2D eigenvalue weighted by atomic mass is 35.5. The molecular formula is C7H6Cl2N6. The zero-order valence-corrected chi connectivity index (χ0v) is 9.13. The van der Waals surface area contributed by atoms with E-state index in [4.69, 9.17) is 23.2 Å². The Morgan fingerprint density at radius 1 is 1.20 bits per heavy atom. The Morgan fingerprint density at radius 2 is 1.87 bits per heavy atom. The van der Waals surface area contributed by atoms with E-state index in [0.29, 0.717) is 5.82 Å². The monoisotopic (exact) mass is 244 g/mol. The average molecular weight is 245 g/mol. The molecule has 0 unspecified atom stereocenters. The van der Waals surface area contributed by atoms with E-state index in [1.807, 2.05) is 6.92 Å². The lowest BCUT2D eigenvalue weighted by molar-refractivity contribution is 1.02. The van der Waals surface area contributed by atoms with Crippen molar-refractivity contribution in [2.75, 3.05) is 5.32 Å². The maximum absolute atomic E-state index is 5.61. The summed E-state index contributed by atoms with van der Waals surface area (Å²) in [6.45, 7) is 1.88. The first-order valence-electron chi connectivity index (χ1n) is 3.99. The molecule has 2 N–H and O–H groups in total. The molecule has 0 spiro atoms. The number of hydrogen-bond acceptors (Lipinski definition) is 5. The molecular weight excluding hydrogens is 239 g/mol. The van der Waals surface area contributed by atoms with Crippen LogP contribution in [-0.2, 0) is 0 Å². The van der Waals surface area contributed by atoms with Crippen molar-refractivity contribution >= 4 is 35.0 Å². The molecule has 8 heteroatoms. The first kappa shape index (κ1) is 10.1. The van der Waals surface area contributed by atoms with Crippen LogP contribution in [0, 0.1) is 6.92 Å². The third-order valence-electron chi connectivity index (χ3n) is 1.53. The van der Waals surface area contributed by atoms with Crippen LogP contribution in [0.5, 0.6) is 0 Å². The summed E-state index contributed by atoms with van der Waals surface area (Å²) in [5, 5.41) is 9.61. The number of nitrogens with one attached hydrogen (secondary N) is 2. The van der Waals surface area contributed by atoms with Gasteiger partial charge in [0.1, 0.15) is 0 Å². The second-order valence-electron chi connectivity index (χ2n) is 2.76. The Hall–Kier alpha value is -1.40. The van der Waals surface area contributed by atoms with Crippen molar-refractivity contribution < 1.29 is 0 Å². The highest BCUT2D eigenvalue weighted by Gasteiger charge is 2.04. The van der Waals surface area contributed by atoms with E-state index in [2.05, 4.69) is 30.5 Å². The number of rotatable bonds is 2. The van der Waals surface area contributed by atoms with Crippen LogP contribution in [0.25, 0.3) is 0 Å². The zero-order valence-electron chi connectivity index (χ0n) is 7.62. The maximum atomic E-state index is 5.61. The van der Waals surface area contributed by atoms with Crippen LogP contribution in [-0.4, -0.2) is 25.1 Å². The lowest BCUT2D eigenvalue weighted by atomic mass is 10.5. The number of aromatic nitrogens is 5.